The molecule has 2 heterocycles. The summed E-state index contributed by atoms with van der Waals surface area (Å²) in [5, 5.41) is 20.4. The average molecular weight is 341 g/mol. The molecule has 0 aliphatic rings. The van der Waals surface area contributed by atoms with Crippen LogP contribution in [-0.2, 0) is 9.59 Å². The largest absolute Gasteiger partial charge is 0.480 e. The molecule has 0 atom stereocenters. The lowest BCUT2D eigenvalue weighted by atomic mass is 10.1. The normalized spacial score (nSPS) is 10.3. The number of aliphatic carboxylic acids is 2. The molecule has 1 aromatic carbocycles. The number of aryl methyl sites for hydroxylation is 2. The van der Waals surface area contributed by atoms with E-state index in [4.69, 9.17) is 10.2 Å². The molecule has 0 aliphatic carbocycles. The highest BCUT2D eigenvalue weighted by atomic mass is 16.4. The fraction of sp³-hybridized carbons (Fsp3) is 0.222. The van der Waals surface area contributed by atoms with Gasteiger partial charge in [-0.05, 0) is 26.0 Å². The quantitative estimate of drug-likeness (QED) is 0.623. The summed E-state index contributed by atoms with van der Waals surface area (Å²) in [6.07, 6.45) is 0. The van der Waals surface area contributed by atoms with Crippen LogP contribution in [0.5, 0.6) is 0 Å². The number of nitrogens with zero attached hydrogens (tertiary/aromatic N) is 2. The van der Waals surface area contributed by atoms with Gasteiger partial charge in [0.15, 0.2) is 0 Å². The van der Waals surface area contributed by atoms with Gasteiger partial charge in [0.25, 0.3) is 0 Å². The topological polar surface area (TPSA) is 112 Å². The monoisotopic (exact) mass is 341 g/mol. The Morgan fingerprint density at radius 3 is 1.52 bits per heavy atom. The van der Waals surface area contributed by atoms with E-state index in [-0.39, 0.29) is 13.1 Å². The van der Waals surface area contributed by atoms with Crippen LogP contribution in [0.2, 0.25) is 0 Å². The van der Waals surface area contributed by atoms with Gasteiger partial charge in [0.1, 0.15) is 0 Å². The summed E-state index contributed by atoms with van der Waals surface area (Å²) >= 11 is 0. The van der Waals surface area contributed by atoms with Crippen LogP contribution in [0, 0.1) is 13.8 Å². The van der Waals surface area contributed by atoms with E-state index in [1.807, 2.05) is 26.0 Å². The zero-order valence-electron chi connectivity index (χ0n) is 14.0. The number of fused-ring (bicyclic) bond motifs is 3. The molecule has 25 heavy (non-hydrogen) atoms. The van der Waals surface area contributed by atoms with Crippen molar-refractivity contribution in [3.63, 3.8) is 0 Å². The Bertz CT molecular complexity index is 850. The van der Waals surface area contributed by atoms with Crippen LogP contribution in [0.15, 0.2) is 36.4 Å². The Morgan fingerprint density at radius 2 is 1.16 bits per heavy atom. The Kier molecular flexibility index (Phi) is 5.97. The fourth-order valence-electron chi connectivity index (χ4n) is 2.24. The van der Waals surface area contributed by atoms with Gasteiger partial charge >= 0.3 is 11.9 Å². The molecule has 0 aliphatic heterocycles. The summed E-state index contributed by atoms with van der Waals surface area (Å²) in [5.41, 5.74) is 4.06. The van der Waals surface area contributed by atoms with Crippen molar-refractivity contribution < 1.29 is 19.8 Å². The van der Waals surface area contributed by atoms with Crippen molar-refractivity contribution in [2.45, 2.75) is 13.8 Å². The lowest BCUT2D eigenvalue weighted by Crippen LogP contribution is -2.27. The number of aromatic nitrogens is 2. The van der Waals surface area contributed by atoms with Gasteiger partial charge in [0, 0.05) is 22.2 Å². The van der Waals surface area contributed by atoms with Gasteiger partial charge in [-0.15, -0.1) is 0 Å². The van der Waals surface area contributed by atoms with Crippen molar-refractivity contribution in [1.29, 1.82) is 0 Å². The van der Waals surface area contributed by atoms with E-state index in [1.165, 1.54) is 0 Å². The molecule has 0 saturated heterocycles. The molecule has 3 aromatic rings. The first-order valence-corrected chi connectivity index (χ1v) is 7.65. The number of pyridine rings is 2. The van der Waals surface area contributed by atoms with Gasteiger partial charge in [0.05, 0.1) is 24.1 Å². The molecule has 7 heteroatoms. The number of nitrogens with one attached hydrogen (secondary N) is 1. The molecule has 0 bridgehead atoms. The van der Waals surface area contributed by atoms with Crippen LogP contribution in [0.25, 0.3) is 21.8 Å². The van der Waals surface area contributed by atoms with E-state index < -0.39 is 11.9 Å². The number of hydrogen-bond acceptors (Lipinski definition) is 5. The first kappa shape index (κ1) is 18.3. The van der Waals surface area contributed by atoms with Gasteiger partial charge in [-0.2, -0.15) is 0 Å². The van der Waals surface area contributed by atoms with E-state index in [2.05, 4.69) is 39.6 Å². The Hall–Kier alpha value is -3.06. The van der Waals surface area contributed by atoms with Crippen LogP contribution in [0.1, 0.15) is 11.4 Å². The van der Waals surface area contributed by atoms with E-state index in [0.717, 1.165) is 33.2 Å². The number of carbonyl (C=O) groups is 2. The molecule has 0 fully saturated rings. The molecular formula is C18H19N3O4. The molecule has 3 N–H and O–H groups in total. The van der Waals surface area contributed by atoms with Crippen molar-refractivity contribution in [1.82, 2.24) is 15.3 Å². The second-order valence-corrected chi connectivity index (χ2v) is 5.51. The third kappa shape index (κ3) is 5.22. The van der Waals surface area contributed by atoms with Crippen molar-refractivity contribution in [2.24, 2.45) is 0 Å². The molecule has 0 saturated carbocycles. The van der Waals surface area contributed by atoms with Crippen LogP contribution >= 0.6 is 0 Å². The molecule has 0 unspecified atom stereocenters. The summed E-state index contributed by atoms with van der Waals surface area (Å²) in [6.45, 7) is 3.39. The van der Waals surface area contributed by atoms with Crippen LogP contribution in [0.3, 0.4) is 0 Å². The molecule has 0 radical (unpaired) electrons. The van der Waals surface area contributed by atoms with Gasteiger partial charge in [-0.3, -0.25) is 24.9 Å². The van der Waals surface area contributed by atoms with Crippen molar-refractivity contribution in [3.8, 4) is 0 Å². The Morgan fingerprint density at radius 1 is 0.800 bits per heavy atom. The molecule has 0 spiro atoms. The summed E-state index contributed by atoms with van der Waals surface area (Å²) < 4.78 is 0. The SMILES string of the molecule is Cc1ccc2ccc3ccc(C)nc3c2n1.O=C(O)CNCC(=O)O. The number of carboxylic acid groups (broad SMARTS) is 2. The Balaban J connectivity index is 0.000000217. The zero-order valence-corrected chi connectivity index (χ0v) is 14.0. The van der Waals surface area contributed by atoms with Crippen molar-refractivity contribution in [3.05, 3.63) is 47.8 Å². The van der Waals surface area contributed by atoms with E-state index in [9.17, 15) is 9.59 Å². The highest BCUT2D eigenvalue weighted by molar-refractivity contribution is 6.02. The third-order valence-electron chi connectivity index (χ3n) is 3.35. The second kappa shape index (κ2) is 8.16. The maximum atomic E-state index is 9.73. The standard InChI is InChI=1S/C14H12N2.C4H7NO4/c1-9-3-5-11-7-8-12-6-4-10(2)16-14(12)13(11)15-9;6-3(7)1-5-2-4(8)9/h3-8H,1-2H3;5H,1-2H2,(H,6,7)(H,8,9). The van der Waals surface area contributed by atoms with Crippen LogP contribution in [-0.4, -0.2) is 45.2 Å². The molecule has 0 amide bonds. The highest BCUT2D eigenvalue weighted by Gasteiger charge is 2.03. The smallest absolute Gasteiger partial charge is 0.317 e. The maximum absolute atomic E-state index is 9.73. The lowest BCUT2D eigenvalue weighted by molar-refractivity contribution is -0.137. The summed E-state index contributed by atoms with van der Waals surface area (Å²) in [4.78, 5) is 28.6. The summed E-state index contributed by atoms with van der Waals surface area (Å²) in [7, 11) is 0. The van der Waals surface area contributed by atoms with E-state index in [1.54, 1.807) is 0 Å². The lowest BCUT2D eigenvalue weighted by Gasteiger charge is -2.04. The van der Waals surface area contributed by atoms with Gasteiger partial charge in [0.2, 0.25) is 0 Å². The van der Waals surface area contributed by atoms with Crippen molar-refractivity contribution in [2.75, 3.05) is 13.1 Å². The van der Waals surface area contributed by atoms with E-state index >= 15 is 0 Å². The number of hydrogen-bond donors (Lipinski definition) is 3. The van der Waals surface area contributed by atoms with Crippen LogP contribution in [0.4, 0.5) is 0 Å². The predicted molar refractivity (Wildman–Crippen MR) is 94.7 cm³/mol. The summed E-state index contributed by atoms with van der Waals surface area (Å²) in [5.74, 6) is -2.12. The average Bonchev–Trinajstić information content (AvgIpc) is 2.54. The number of rotatable bonds is 4. The van der Waals surface area contributed by atoms with E-state index in [0.29, 0.717) is 0 Å². The van der Waals surface area contributed by atoms with Crippen LogP contribution < -0.4 is 5.32 Å². The molecule has 7 nitrogen and oxygen atoms in total. The first-order valence-electron chi connectivity index (χ1n) is 7.65. The predicted octanol–water partition coefficient (Wildman–Crippen LogP) is 2.15. The minimum absolute atomic E-state index is 0.313. The maximum Gasteiger partial charge on any atom is 0.317 e. The first-order chi connectivity index (χ1) is 11.9. The summed E-state index contributed by atoms with van der Waals surface area (Å²) in [6, 6.07) is 12.5. The molecule has 2 aromatic heterocycles. The molecule has 3 rings (SSSR count). The molecule has 130 valence electrons. The fourth-order valence-corrected chi connectivity index (χ4v) is 2.24. The number of carboxylic acids is 2. The minimum atomic E-state index is -1.06. The Labute approximate surface area is 144 Å². The zero-order chi connectivity index (χ0) is 18.4. The second-order valence-electron chi connectivity index (χ2n) is 5.51. The van der Waals surface area contributed by atoms with Crippen molar-refractivity contribution >= 4 is 33.7 Å². The van der Waals surface area contributed by atoms with Gasteiger partial charge in [-0.25, -0.2) is 0 Å². The van der Waals surface area contributed by atoms with Gasteiger partial charge < -0.3 is 10.2 Å². The third-order valence-corrected chi connectivity index (χ3v) is 3.35. The van der Waals surface area contributed by atoms with Gasteiger partial charge in [-0.1, -0.05) is 24.3 Å². The molecular weight excluding hydrogens is 322 g/mol. The number of benzene rings is 1. The minimum Gasteiger partial charge on any atom is -0.480 e. The highest BCUT2D eigenvalue weighted by Crippen LogP contribution is 2.22.